The number of likely N-dealkylation sites (tertiary alicyclic amines) is 1. The molecule has 0 saturated carbocycles. The smallest absolute Gasteiger partial charge is 0.230 e. The number of hydrogen-bond acceptors (Lipinski definition) is 4. The van der Waals surface area contributed by atoms with Gasteiger partial charge < -0.3 is 15.0 Å². The Morgan fingerprint density at radius 1 is 1.14 bits per heavy atom. The highest BCUT2D eigenvalue weighted by Crippen LogP contribution is 2.26. The number of methoxy groups -OCH3 is 1. The number of piperidine rings is 1. The Morgan fingerprint density at radius 3 is 2.55 bits per heavy atom. The van der Waals surface area contributed by atoms with Crippen molar-refractivity contribution in [1.82, 2.24) is 10.2 Å². The molecule has 0 bridgehead atoms. The fourth-order valence-electron chi connectivity index (χ4n) is 3.37. The summed E-state index contributed by atoms with van der Waals surface area (Å²) in [7, 11) is 1.61. The number of amides is 2. The molecule has 0 aromatic heterocycles. The van der Waals surface area contributed by atoms with Crippen molar-refractivity contribution in [2.45, 2.75) is 30.2 Å². The summed E-state index contributed by atoms with van der Waals surface area (Å²) < 4.78 is 5.33. The van der Waals surface area contributed by atoms with Crippen LogP contribution in [-0.4, -0.2) is 48.7 Å². The minimum atomic E-state index is -0.00582. The molecule has 2 aromatic carbocycles. The van der Waals surface area contributed by atoms with Crippen LogP contribution in [0.25, 0.3) is 0 Å². The maximum Gasteiger partial charge on any atom is 0.230 e. The molecule has 2 aromatic rings. The summed E-state index contributed by atoms with van der Waals surface area (Å²) in [5, 5.41) is 3.73. The van der Waals surface area contributed by atoms with Gasteiger partial charge in [0.05, 0.1) is 24.3 Å². The Balaban J connectivity index is 1.42. The standard InChI is InChI=1S/C22H25ClN2O3S/c1-28-19-8-4-2-6-16(19)14-22(27)25-12-10-17(11-13-25)24-21(26)15-29-20-9-5-3-7-18(20)23/h2-9,17H,10-15H2,1H3,(H,24,26). The monoisotopic (exact) mass is 432 g/mol. The first kappa shape index (κ1) is 21.5. The molecular weight excluding hydrogens is 408 g/mol. The van der Waals surface area contributed by atoms with Crippen LogP contribution in [0, 0.1) is 0 Å². The summed E-state index contributed by atoms with van der Waals surface area (Å²) in [5.74, 6) is 1.15. The van der Waals surface area contributed by atoms with E-state index in [1.54, 1.807) is 7.11 Å². The van der Waals surface area contributed by atoms with E-state index in [9.17, 15) is 9.59 Å². The van der Waals surface area contributed by atoms with Crippen molar-refractivity contribution in [3.8, 4) is 5.75 Å². The predicted molar refractivity (Wildman–Crippen MR) is 117 cm³/mol. The van der Waals surface area contributed by atoms with Crippen molar-refractivity contribution < 1.29 is 14.3 Å². The molecule has 0 atom stereocenters. The summed E-state index contributed by atoms with van der Waals surface area (Å²) in [5.41, 5.74) is 0.895. The Hall–Kier alpha value is -2.18. The van der Waals surface area contributed by atoms with Crippen LogP contribution >= 0.6 is 23.4 Å². The number of thioether (sulfide) groups is 1. The molecule has 29 heavy (non-hydrogen) atoms. The molecule has 0 unspecified atom stereocenters. The lowest BCUT2D eigenvalue weighted by molar-refractivity contribution is -0.131. The summed E-state index contributed by atoms with van der Waals surface area (Å²) in [6, 6.07) is 15.2. The zero-order valence-electron chi connectivity index (χ0n) is 16.4. The number of benzene rings is 2. The van der Waals surface area contributed by atoms with Gasteiger partial charge in [0.25, 0.3) is 0 Å². The quantitative estimate of drug-likeness (QED) is 0.676. The minimum Gasteiger partial charge on any atom is -0.496 e. The third kappa shape index (κ3) is 6.15. The van der Waals surface area contributed by atoms with Gasteiger partial charge in [0.15, 0.2) is 0 Å². The zero-order chi connectivity index (χ0) is 20.6. The van der Waals surface area contributed by atoms with Gasteiger partial charge in [0, 0.05) is 29.6 Å². The number of carbonyl (C=O) groups excluding carboxylic acids is 2. The fraction of sp³-hybridized carbons (Fsp3) is 0.364. The molecular formula is C22H25ClN2O3S. The minimum absolute atomic E-state index is 0.00582. The maximum absolute atomic E-state index is 12.6. The second kappa shape index (κ2) is 10.6. The van der Waals surface area contributed by atoms with Crippen molar-refractivity contribution in [2.24, 2.45) is 0 Å². The first-order chi connectivity index (χ1) is 14.1. The third-order valence-corrected chi connectivity index (χ3v) is 6.46. The molecule has 0 spiro atoms. The van der Waals surface area contributed by atoms with Crippen molar-refractivity contribution in [3.05, 3.63) is 59.1 Å². The second-order valence-corrected chi connectivity index (χ2v) is 8.35. The largest absolute Gasteiger partial charge is 0.496 e. The number of para-hydroxylation sites is 1. The van der Waals surface area contributed by atoms with Crippen molar-refractivity contribution in [2.75, 3.05) is 26.0 Å². The van der Waals surface area contributed by atoms with E-state index in [1.165, 1.54) is 11.8 Å². The molecule has 3 rings (SSSR count). The van der Waals surface area contributed by atoms with E-state index in [-0.39, 0.29) is 17.9 Å². The van der Waals surface area contributed by atoms with Crippen LogP contribution in [0.5, 0.6) is 5.75 Å². The van der Waals surface area contributed by atoms with Crippen LogP contribution in [0.3, 0.4) is 0 Å². The van der Waals surface area contributed by atoms with Gasteiger partial charge in [-0.1, -0.05) is 41.9 Å². The van der Waals surface area contributed by atoms with E-state index in [1.807, 2.05) is 53.4 Å². The molecule has 154 valence electrons. The van der Waals surface area contributed by atoms with E-state index in [4.69, 9.17) is 16.3 Å². The molecule has 5 nitrogen and oxygen atoms in total. The molecule has 0 aliphatic carbocycles. The van der Waals surface area contributed by atoms with Gasteiger partial charge in [-0.05, 0) is 31.0 Å². The maximum atomic E-state index is 12.6. The highest BCUT2D eigenvalue weighted by atomic mass is 35.5. The molecule has 0 radical (unpaired) electrons. The second-order valence-electron chi connectivity index (χ2n) is 6.93. The summed E-state index contributed by atoms with van der Waals surface area (Å²) >= 11 is 7.56. The number of ether oxygens (including phenoxy) is 1. The van der Waals surface area contributed by atoms with E-state index < -0.39 is 0 Å². The van der Waals surface area contributed by atoms with Gasteiger partial charge in [-0.2, -0.15) is 0 Å². The number of nitrogens with zero attached hydrogens (tertiary/aromatic N) is 1. The van der Waals surface area contributed by atoms with Gasteiger partial charge in [-0.15, -0.1) is 11.8 Å². The zero-order valence-corrected chi connectivity index (χ0v) is 18.0. The molecule has 2 amide bonds. The SMILES string of the molecule is COc1ccccc1CC(=O)N1CCC(NC(=O)CSc2ccccc2Cl)CC1. The lowest BCUT2D eigenvalue weighted by Gasteiger charge is -2.32. The van der Waals surface area contributed by atoms with Crippen LogP contribution in [-0.2, 0) is 16.0 Å². The van der Waals surface area contributed by atoms with Crippen LogP contribution in [0.1, 0.15) is 18.4 Å². The number of rotatable bonds is 7. The van der Waals surface area contributed by atoms with Crippen LogP contribution < -0.4 is 10.1 Å². The summed E-state index contributed by atoms with van der Waals surface area (Å²) in [6.07, 6.45) is 1.86. The molecule has 1 aliphatic rings. The highest BCUT2D eigenvalue weighted by molar-refractivity contribution is 8.00. The number of nitrogens with one attached hydrogen (secondary N) is 1. The Morgan fingerprint density at radius 2 is 1.83 bits per heavy atom. The molecule has 7 heteroatoms. The first-order valence-corrected chi connectivity index (χ1v) is 11.0. The van der Waals surface area contributed by atoms with Gasteiger partial charge in [-0.3, -0.25) is 9.59 Å². The number of hydrogen-bond donors (Lipinski definition) is 1. The third-order valence-electron chi connectivity index (χ3n) is 4.94. The molecule has 1 fully saturated rings. The van der Waals surface area contributed by atoms with Crippen LogP contribution in [0.15, 0.2) is 53.4 Å². The Kier molecular flexibility index (Phi) is 7.83. The van der Waals surface area contributed by atoms with E-state index >= 15 is 0 Å². The predicted octanol–water partition coefficient (Wildman–Crippen LogP) is 3.79. The molecule has 1 N–H and O–H groups in total. The van der Waals surface area contributed by atoms with Gasteiger partial charge >= 0.3 is 0 Å². The highest BCUT2D eigenvalue weighted by Gasteiger charge is 2.24. The summed E-state index contributed by atoms with van der Waals surface area (Å²) in [6.45, 7) is 1.30. The van der Waals surface area contributed by atoms with Crippen molar-refractivity contribution >= 4 is 35.2 Å². The average Bonchev–Trinajstić information content (AvgIpc) is 2.74. The Bertz CT molecular complexity index is 853. The van der Waals surface area contributed by atoms with Gasteiger partial charge in [0.1, 0.15) is 5.75 Å². The lowest BCUT2D eigenvalue weighted by Crippen LogP contribution is -2.47. The normalized spacial score (nSPS) is 14.5. The van der Waals surface area contributed by atoms with Gasteiger partial charge in [-0.25, -0.2) is 0 Å². The fourth-order valence-corrected chi connectivity index (χ4v) is 4.42. The molecule has 1 saturated heterocycles. The first-order valence-electron chi connectivity index (χ1n) is 9.63. The lowest BCUT2D eigenvalue weighted by atomic mass is 10.0. The van der Waals surface area contributed by atoms with Gasteiger partial charge in [0.2, 0.25) is 11.8 Å². The van der Waals surface area contributed by atoms with E-state index in [2.05, 4.69) is 5.32 Å². The topological polar surface area (TPSA) is 58.6 Å². The van der Waals surface area contributed by atoms with E-state index in [0.717, 1.165) is 29.1 Å². The van der Waals surface area contributed by atoms with Crippen LogP contribution in [0.2, 0.25) is 5.02 Å². The van der Waals surface area contributed by atoms with Crippen molar-refractivity contribution in [3.63, 3.8) is 0 Å². The number of carbonyl (C=O) groups is 2. The molecule has 1 heterocycles. The van der Waals surface area contributed by atoms with E-state index in [0.29, 0.717) is 30.3 Å². The summed E-state index contributed by atoms with van der Waals surface area (Å²) in [4.78, 5) is 27.6. The Labute approximate surface area is 180 Å². The average molecular weight is 433 g/mol. The van der Waals surface area contributed by atoms with Crippen LogP contribution in [0.4, 0.5) is 0 Å². The van der Waals surface area contributed by atoms with Crippen molar-refractivity contribution in [1.29, 1.82) is 0 Å². The molecule has 1 aliphatic heterocycles. The number of halogens is 1.